The molecule has 1 aliphatic heterocycles. The lowest BCUT2D eigenvalue weighted by atomic mass is 10.1. The lowest BCUT2D eigenvalue weighted by molar-refractivity contribution is -0.122. The fraction of sp³-hybridized carbons (Fsp3) is 0.400. The lowest BCUT2D eigenvalue weighted by Crippen LogP contribution is -2.35. The first-order valence-corrected chi connectivity index (χ1v) is 6.33. The highest BCUT2D eigenvalue weighted by atomic mass is 16.5. The molecular weight excluding hydrogens is 226 g/mol. The fourth-order valence-corrected chi connectivity index (χ4v) is 1.97. The molecule has 0 spiro atoms. The summed E-state index contributed by atoms with van der Waals surface area (Å²) in [6, 6.07) is 10.0. The Labute approximate surface area is 108 Å². The average molecular weight is 245 g/mol. The molecular formula is C15H19NO2. The molecule has 1 aromatic rings. The molecule has 96 valence electrons. The minimum absolute atomic E-state index is 0.00818. The zero-order valence-electron chi connectivity index (χ0n) is 10.6. The third kappa shape index (κ3) is 4.00. The van der Waals surface area contributed by atoms with E-state index in [0.717, 1.165) is 5.56 Å². The second-order valence-corrected chi connectivity index (χ2v) is 4.74. The zero-order chi connectivity index (χ0) is 12.8. The van der Waals surface area contributed by atoms with Gasteiger partial charge in [-0.1, -0.05) is 49.4 Å². The van der Waals surface area contributed by atoms with Gasteiger partial charge in [0, 0.05) is 6.42 Å². The SMILES string of the molecule is C[C@H]1C=C[C@@H](COCc2ccccc2)NC(=O)C1. The zero-order valence-corrected chi connectivity index (χ0v) is 10.6. The van der Waals surface area contributed by atoms with Gasteiger partial charge in [-0.3, -0.25) is 4.79 Å². The van der Waals surface area contributed by atoms with Crippen LogP contribution in [0.5, 0.6) is 0 Å². The number of benzene rings is 1. The normalized spacial score (nSPS) is 23.5. The van der Waals surface area contributed by atoms with E-state index in [1.54, 1.807) is 0 Å². The van der Waals surface area contributed by atoms with Gasteiger partial charge in [0.1, 0.15) is 0 Å². The largest absolute Gasteiger partial charge is 0.374 e. The van der Waals surface area contributed by atoms with Crippen LogP contribution in [0, 0.1) is 5.92 Å². The summed E-state index contributed by atoms with van der Waals surface area (Å²) in [5.41, 5.74) is 1.15. The number of carbonyl (C=O) groups excluding carboxylic acids is 1. The summed E-state index contributed by atoms with van der Waals surface area (Å²) in [6.45, 7) is 3.14. The maximum absolute atomic E-state index is 11.5. The maximum atomic E-state index is 11.5. The molecule has 1 aromatic carbocycles. The Balaban J connectivity index is 1.79. The topological polar surface area (TPSA) is 38.3 Å². The Kier molecular flexibility index (Phi) is 4.53. The third-order valence-corrected chi connectivity index (χ3v) is 2.93. The van der Waals surface area contributed by atoms with Gasteiger partial charge in [-0.25, -0.2) is 0 Å². The van der Waals surface area contributed by atoms with Crippen LogP contribution in [0.1, 0.15) is 18.9 Å². The van der Waals surface area contributed by atoms with Crippen molar-refractivity contribution in [3.8, 4) is 0 Å². The Bertz CT molecular complexity index is 414. The Hall–Kier alpha value is -1.61. The number of ether oxygens (including phenoxy) is 1. The first-order chi connectivity index (χ1) is 8.74. The molecule has 0 radical (unpaired) electrons. The van der Waals surface area contributed by atoms with Crippen molar-refractivity contribution in [2.24, 2.45) is 5.92 Å². The second-order valence-electron chi connectivity index (χ2n) is 4.74. The highest BCUT2D eigenvalue weighted by Gasteiger charge is 2.15. The summed E-state index contributed by atoms with van der Waals surface area (Å²) in [5.74, 6) is 0.407. The van der Waals surface area contributed by atoms with Crippen molar-refractivity contribution >= 4 is 5.91 Å². The number of hydrogen-bond donors (Lipinski definition) is 1. The molecule has 0 aliphatic carbocycles. The Morgan fingerprint density at radius 1 is 1.28 bits per heavy atom. The van der Waals surface area contributed by atoms with Crippen LogP contribution in [0.15, 0.2) is 42.5 Å². The smallest absolute Gasteiger partial charge is 0.221 e. The van der Waals surface area contributed by atoms with Gasteiger partial charge in [0.2, 0.25) is 5.91 Å². The van der Waals surface area contributed by atoms with Gasteiger partial charge >= 0.3 is 0 Å². The minimum atomic E-state index is -0.00818. The summed E-state index contributed by atoms with van der Waals surface area (Å²) >= 11 is 0. The predicted molar refractivity (Wildman–Crippen MR) is 70.9 cm³/mol. The monoisotopic (exact) mass is 245 g/mol. The summed E-state index contributed by atoms with van der Waals surface area (Å²) < 4.78 is 5.63. The first kappa shape index (κ1) is 12.8. The molecule has 18 heavy (non-hydrogen) atoms. The molecule has 3 heteroatoms. The van der Waals surface area contributed by atoms with Gasteiger partial charge in [-0.15, -0.1) is 0 Å². The van der Waals surface area contributed by atoms with Crippen LogP contribution in [-0.4, -0.2) is 18.6 Å². The van der Waals surface area contributed by atoms with E-state index in [2.05, 4.69) is 11.4 Å². The second kappa shape index (κ2) is 6.36. The van der Waals surface area contributed by atoms with Crippen molar-refractivity contribution in [1.82, 2.24) is 5.32 Å². The molecule has 2 rings (SSSR count). The highest BCUT2D eigenvalue weighted by molar-refractivity contribution is 5.77. The van der Waals surface area contributed by atoms with Gasteiger partial charge in [-0.2, -0.15) is 0 Å². The molecule has 0 aromatic heterocycles. The van der Waals surface area contributed by atoms with Gasteiger partial charge < -0.3 is 10.1 Å². The van der Waals surface area contributed by atoms with E-state index >= 15 is 0 Å². The molecule has 1 amide bonds. The van der Waals surface area contributed by atoms with E-state index in [-0.39, 0.29) is 11.9 Å². The van der Waals surface area contributed by atoms with Crippen LogP contribution in [0.25, 0.3) is 0 Å². The molecule has 2 atom stereocenters. The van der Waals surface area contributed by atoms with Gasteiger partial charge in [0.15, 0.2) is 0 Å². The quantitative estimate of drug-likeness (QED) is 0.826. The van der Waals surface area contributed by atoms with Crippen molar-refractivity contribution in [1.29, 1.82) is 0 Å². The van der Waals surface area contributed by atoms with E-state index in [1.807, 2.05) is 43.3 Å². The fourth-order valence-electron chi connectivity index (χ4n) is 1.97. The van der Waals surface area contributed by atoms with Gasteiger partial charge in [0.05, 0.1) is 19.3 Å². The molecule has 0 saturated heterocycles. The van der Waals surface area contributed by atoms with Crippen molar-refractivity contribution in [3.63, 3.8) is 0 Å². The van der Waals surface area contributed by atoms with Crippen LogP contribution < -0.4 is 5.32 Å². The standard InChI is InChI=1S/C15H19NO2/c1-12-7-8-14(16-15(17)9-12)11-18-10-13-5-3-2-4-6-13/h2-8,12,14H,9-11H2,1H3,(H,16,17)/t12-,14-/m0/s1. The van der Waals surface area contributed by atoms with E-state index < -0.39 is 0 Å². The third-order valence-electron chi connectivity index (χ3n) is 2.93. The molecule has 1 N–H and O–H groups in total. The molecule has 0 saturated carbocycles. The number of amides is 1. The van der Waals surface area contributed by atoms with Crippen LogP contribution in [0.4, 0.5) is 0 Å². The molecule has 3 nitrogen and oxygen atoms in total. The maximum Gasteiger partial charge on any atom is 0.221 e. The average Bonchev–Trinajstić information content (AvgIpc) is 2.52. The number of allylic oxidation sites excluding steroid dienone is 1. The van der Waals surface area contributed by atoms with E-state index in [1.165, 1.54) is 0 Å². The van der Waals surface area contributed by atoms with Crippen LogP contribution >= 0.6 is 0 Å². The molecule has 1 heterocycles. The predicted octanol–water partition coefficient (Wildman–Crippen LogP) is 2.28. The highest BCUT2D eigenvalue weighted by Crippen LogP contribution is 2.09. The van der Waals surface area contributed by atoms with Crippen molar-refractivity contribution < 1.29 is 9.53 Å². The Morgan fingerprint density at radius 2 is 2.06 bits per heavy atom. The van der Waals surface area contributed by atoms with Crippen molar-refractivity contribution in [2.75, 3.05) is 6.61 Å². The van der Waals surface area contributed by atoms with Gasteiger partial charge in [0.25, 0.3) is 0 Å². The van der Waals surface area contributed by atoms with E-state index in [0.29, 0.717) is 25.6 Å². The van der Waals surface area contributed by atoms with Gasteiger partial charge in [-0.05, 0) is 11.5 Å². The number of hydrogen-bond acceptors (Lipinski definition) is 2. The van der Waals surface area contributed by atoms with Crippen LogP contribution in [-0.2, 0) is 16.1 Å². The molecule has 0 fully saturated rings. The summed E-state index contributed by atoms with van der Waals surface area (Å²) in [6.07, 6.45) is 4.67. The molecule has 0 bridgehead atoms. The van der Waals surface area contributed by atoms with Crippen molar-refractivity contribution in [2.45, 2.75) is 26.0 Å². The van der Waals surface area contributed by atoms with E-state index in [4.69, 9.17) is 4.74 Å². The number of nitrogens with one attached hydrogen (secondary N) is 1. The van der Waals surface area contributed by atoms with Crippen LogP contribution in [0.3, 0.4) is 0 Å². The summed E-state index contributed by atoms with van der Waals surface area (Å²) in [4.78, 5) is 11.5. The lowest BCUT2D eigenvalue weighted by Gasteiger charge is -2.13. The number of carbonyl (C=O) groups is 1. The van der Waals surface area contributed by atoms with Crippen molar-refractivity contribution in [3.05, 3.63) is 48.0 Å². The summed E-state index contributed by atoms with van der Waals surface area (Å²) in [5, 5.41) is 2.94. The minimum Gasteiger partial charge on any atom is -0.374 e. The first-order valence-electron chi connectivity index (χ1n) is 6.33. The Morgan fingerprint density at radius 3 is 2.83 bits per heavy atom. The molecule has 1 aliphatic rings. The molecule has 0 unspecified atom stereocenters. The van der Waals surface area contributed by atoms with Crippen LogP contribution in [0.2, 0.25) is 0 Å². The van der Waals surface area contributed by atoms with E-state index in [9.17, 15) is 4.79 Å². The summed E-state index contributed by atoms with van der Waals surface area (Å²) in [7, 11) is 0. The number of rotatable bonds is 4.